The van der Waals surface area contributed by atoms with E-state index in [-0.39, 0.29) is 0 Å². The van der Waals surface area contributed by atoms with Gasteiger partial charge in [-0.25, -0.2) is 0 Å². The van der Waals surface area contributed by atoms with Crippen molar-refractivity contribution in [1.82, 2.24) is 0 Å². The van der Waals surface area contributed by atoms with Crippen LogP contribution in [0.3, 0.4) is 0 Å². The molecular formula is C7H7Br. The van der Waals surface area contributed by atoms with Crippen molar-refractivity contribution in [2.24, 2.45) is 0 Å². The Morgan fingerprint density at radius 3 is 2.75 bits per heavy atom. The van der Waals surface area contributed by atoms with Crippen LogP contribution < -0.4 is 0 Å². The van der Waals surface area contributed by atoms with Crippen molar-refractivity contribution in [3.63, 3.8) is 0 Å². The Kier molecular flexibility index (Phi) is 6.13. The predicted molar refractivity (Wildman–Crippen MR) is 40.9 cm³/mol. The Bertz CT molecular complexity index is 134. The van der Waals surface area contributed by atoms with E-state index in [2.05, 4.69) is 34.3 Å². The third-order valence-corrected chi connectivity index (χ3v) is 0.849. The van der Waals surface area contributed by atoms with Crippen molar-refractivity contribution in [1.29, 1.82) is 0 Å². The van der Waals surface area contributed by atoms with Gasteiger partial charge < -0.3 is 0 Å². The van der Waals surface area contributed by atoms with E-state index >= 15 is 0 Å². The summed E-state index contributed by atoms with van der Waals surface area (Å²) in [5, 5.41) is 0.860. The van der Waals surface area contributed by atoms with Crippen LogP contribution in [0.4, 0.5) is 0 Å². The zero-order chi connectivity index (χ0) is 6.24. The summed E-state index contributed by atoms with van der Waals surface area (Å²) in [6, 6.07) is 0. The molecule has 0 atom stereocenters. The molecule has 0 radical (unpaired) electrons. The van der Waals surface area contributed by atoms with Crippen LogP contribution in [0.15, 0.2) is 24.8 Å². The molecule has 0 fully saturated rings. The van der Waals surface area contributed by atoms with Crippen LogP contribution in [-0.4, -0.2) is 5.33 Å². The van der Waals surface area contributed by atoms with E-state index in [1.54, 1.807) is 12.2 Å². The summed E-state index contributed by atoms with van der Waals surface area (Å²) in [6.45, 7) is 3.44. The quantitative estimate of drug-likeness (QED) is 0.418. The number of halogens is 1. The highest BCUT2D eigenvalue weighted by Crippen LogP contribution is 1.78. The first-order chi connectivity index (χ1) is 3.91. The summed E-state index contributed by atoms with van der Waals surface area (Å²) in [5.41, 5.74) is 0. The lowest BCUT2D eigenvalue weighted by atomic mass is 10.5. The maximum atomic E-state index is 3.44. The number of allylic oxidation sites excluding steroid dienone is 3. The molecule has 1 heteroatoms. The zero-order valence-electron chi connectivity index (χ0n) is 4.52. The number of hydrogen-bond acceptors (Lipinski definition) is 0. The van der Waals surface area contributed by atoms with Gasteiger partial charge >= 0.3 is 0 Å². The summed E-state index contributed by atoms with van der Waals surface area (Å²) in [5.74, 6) is 5.45. The Morgan fingerprint density at radius 2 is 2.25 bits per heavy atom. The lowest BCUT2D eigenvalue weighted by Crippen LogP contribution is -1.54. The zero-order valence-corrected chi connectivity index (χ0v) is 6.11. The van der Waals surface area contributed by atoms with Gasteiger partial charge in [-0.2, -0.15) is 0 Å². The van der Waals surface area contributed by atoms with E-state index < -0.39 is 0 Å². The summed E-state index contributed by atoms with van der Waals surface area (Å²) in [7, 11) is 0. The van der Waals surface area contributed by atoms with E-state index in [4.69, 9.17) is 0 Å². The van der Waals surface area contributed by atoms with Gasteiger partial charge in [-0.3, -0.25) is 0 Å². The lowest BCUT2D eigenvalue weighted by Gasteiger charge is -1.66. The highest BCUT2D eigenvalue weighted by atomic mass is 79.9. The molecule has 0 unspecified atom stereocenters. The van der Waals surface area contributed by atoms with Crippen LogP contribution in [-0.2, 0) is 0 Å². The molecule has 0 aliphatic heterocycles. The first-order valence-electron chi connectivity index (χ1n) is 2.24. The van der Waals surface area contributed by atoms with Gasteiger partial charge in [-0.1, -0.05) is 40.4 Å². The first-order valence-corrected chi connectivity index (χ1v) is 3.37. The molecule has 0 aromatic heterocycles. The van der Waals surface area contributed by atoms with Gasteiger partial charge in [0.2, 0.25) is 0 Å². The van der Waals surface area contributed by atoms with Crippen LogP contribution in [0.5, 0.6) is 0 Å². The molecule has 0 rings (SSSR count). The average molecular weight is 171 g/mol. The number of hydrogen-bond donors (Lipinski definition) is 0. The molecule has 8 heavy (non-hydrogen) atoms. The van der Waals surface area contributed by atoms with Crippen molar-refractivity contribution in [2.45, 2.75) is 0 Å². The van der Waals surface area contributed by atoms with Crippen LogP contribution in [0.1, 0.15) is 0 Å². The van der Waals surface area contributed by atoms with Crippen LogP contribution in [0, 0.1) is 11.8 Å². The standard InChI is InChI=1S/C7H7Br/c1-2-3-4-5-6-7-8/h2,5-6H,1,7H2/b6-5+. The molecule has 0 aliphatic rings. The molecule has 0 bridgehead atoms. The topological polar surface area (TPSA) is 0 Å². The fraction of sp³-hybridized carbons (Fsp3) is 0.143. The smallest absolute Gasteiger partial charge is 0.0221 e. The Hall–Kier alpha value is -0.480. The summed E-state index contributed by atoms with van der Waals surface area (Å²) in [6.07, 6.45) is 5.28. The second-order valence-corrected chi connectivity index (χ2v) is 1.70. The third kappa shape index (κ3) is 5.52. The summed E-state index contributed by atoms with van der Waals surface area (Å²) < 4.78 is 0. The molecule has 42 valence electrons. The van der Waals surface area contributed by atoms with Crippen molar-refractivity contribution >= 4 is 15.9 Å². The lowest BCUT2D eigenvalue weighted by molar-refractivity contribution is 1.82. The highest BCUT2D eigenvalue weighted by Gasteiger charge is 1.59. The Labute approximate surface area is 58.4 Å². The van der Waals surface area contributed by atoms with Crippen LogP contribution in [0.25, 0.3) is 0 Å². The highest BCUT2D eigenvalue weighted by molar-refractivity contribution is 9.09. The Balaban J connectivity index is 3.40. The van der Waals surface area contributed by atoms with Crippen molar-refractivity contribution in [3.8, 4) is 11.8 Å². The molecule has 0 aliphatic carbocycles. The van der Waals surface area contributed by atoms with Gasteiger partial charge in [-0.15, -0.1) is 0 Å². The minimum atomic E-state index is 0.860. The second-order valence-electron chi connectivity index (χ2n) is 1.05. The number of alkyl halides is 1. The maximum absolute atomic E-state index is 3.44. The summed E-state index contributed by atoms with van der Waals surface area (Å²) in [4.78, 5) is 0. The summed E-state index contributed by atoms with van der Waals surface area (Å²) >= 11 is 3.22. The van der Waals surface area contributed by atoms with Gasteiger partial charge in [0.05, 0.1) is 0 Å². The second kappa shape index (κ2) is 6.52. The van der Waals surface area contributed by atoms with E-state index in [1.807, 2.05) is 6.08 Å². The molecule has 0 amide bonds. The van der Waals surface area contributed by atoms with Crippen molar-refractivity contribution in [2.75, 3.05) is 5.33 Å². The molecular weight excluding hydrogens is 164 g/mol. The van der Waals surface area contributed by atoms with Crippen molar-refractivity contribution < 1.29 is 0 Å². The molecule has 0 heterocycles. The molecule has 0 saturated carbocycles. The van der Waals surface area contributed by atoms with E-state index in [9.17, 15) is 0 Å². The fourth-order valence-corrected chi connectivity index (χ4v) is 0.397. The minimum absolute atomic E-state index is 0.860. The minimum Gasteiger partial charge on any atom is -0.0906 e. The maximum Gasteiger partial charge on any atom is 0.0221 e. The fourth-order valence-electron chi connectivity index (χ4n) is 0.211. The van der Waals surface area contributed by atoms with Gasteiger partial charge in [0, 0.05) is 5.33 Å². The van der Waals surface area contributed by atoms with Gasteiger partial charge in [0.15, 0.2) is 0 Å². The monoisotopic (exact) mass is 170 g/mol. The van der Waals surface area contributed by atoms with Gasteiger partial charge in [0.1, 0.15) is 0 Å². The molecule has 0 saturated heterocycles. The number of rotatable bonds is 1. The Morgan fingerprint density at radius 1 is 1.50 bits per heavy atom. The first kappa shape index (κ1) is 7.52. The third-order valence-electron chi connectivity index (χ3n) is 0.476. The van der Waals surface area contributed by atoms with Gasteiger partial charge in [-0.05, 0) is 12.2 Å². The predicted octanol–water partition coefficient (Wildman–Crippen LogP) is 2.13. The van der Waals surface area contributed by atoms with Crippen molar-refractivity contribution in [3.05, 3.63) is 24.8 Å². The largest absolute Gasteiger partial charge is 0.0906 e. The molecule has 0 aromatic carbocycles. The van der Waals surface area contributed by atoms with E-state index in [0.29, 0.717) is 0 Å². The van der Waals surface area contributed by atoms with E-state index in [0.717, 1.165) is 5.33 Å². The van der Waals surface area contributed by atoms with Gasteiger partial charge in [0.25, 0.3) is 0 Å². The van der Waals surface area contributed by atoms with E-state index in [1.165, 1.54) is 0 Å². The molecule has 0 nitrogen and oxygen atoms in total. The molecule has 0 N–H and O–H groups in total. The normalized spacial score (nSPS) is 8.12. The average Bonchev–Trinajstić information content (AvgIpc) is 1.81. The van der Waals surface area contributed by atoms with Crippen LogP contribution >= 0.6 is 15.9 Å². The molecule has 0 aromatic rings. The van der Waals surface area contributed by atoms with Crippen LogP contribution in [0.2, 0.25) is 0 Å². The molecule has 0 spiro atoms. The SMILES string of the molecule is C=CC#C/C=C/CBr.